The van der Waals surface area contributed by atoms with Crippen LogP contribution in [-0.4, -0.2) is 19.4 Å². The van der Waals surface area contributed by atoms with Crippen molar-refractivity contribution in [2.24, 2.45) is 4.66 Å². The van der Waals surface area contributed by atoms with Crippen molar-refractivity contribution in [2.75, 3.05) is 0 Å². The lowest BCUT2D eigenvalue weighted by molar-refractivity contribution is 1.25. The molecule has 27 heavy (non-hydrogen) atoms. The SMILES string of the molecule is Cc1ccc(C=N[Si](c2ccccc2)(c2ccccc2)c2ccccc2)[nH]1. The van der Waals surface area contributed by atoms with Crippen LogP contribution >= 0.6 is 0 Å². The summed E-state index contributed by atoms with van der Waals surface area (Å²) in [7, 11) is -2.55. The van der Waals surface area contributed by atoms with Crippen LogP contribution in [0.1, 0.15) is 11.4 Å². The average Bonchev–Trinajstić information content (AvgIpc) is 3.16. The highest BCUT2D eigenvalue weighted by atomic mass is 28.3. The van der Waals surface area contributed by atoms with E-state index in [-0.39, 0.29) is 0 Å². The monoisotopic (exact) mass is 366 g/mol. The molecule has 4 rings (SSSR count). The average molecular weight is 367 g/mol. The van der Waals surface area contributed by atoms with Crippen molar-refractivity contribution in [3.63, 3.8) is 0 Å². The fourth-order valence-corrected chi connectivity index (χ4v) is 7.33. The first-order valence-corrected chi connectivity index (χ1v) is 11.1. The molecule has 132 valence electrons. The lowest BCUT2D eigenvalue weighted by Gasteiger charge is -2.29. The minimum absolute atomic E-state index is 1.03. The van der Waals surface area contributed by atoms with Gasteiger partial charge in [-0.15, -0.1) is 0 Å². The summed E-state index contributed by atoms with van der Waals surface area (Å²) in [6.45, 7) is 2.06. The molecule has 2 nitrogen and oxygen atoms in total. The second-order valence-corrected chi connectivity index (χ2v) is 10.1. The van der Waals surface area contributed by atoms with Crippen LogP contribution in [0, 0.1) is 6.92 Å². The number of nitrogens with one attached hydrogen (secondary N) is 1. The van der Waals surface area contributed by atoms with Gasteiger partial charge in [-0.2, -0.15) is 0 Å². The van der Waals surface area contributed by atoms with Crippen LogP contribution < -0.4 is 15.6 Å². The summed E-state index contributed by atoms with van der Waals surface area (Å²) in [5.74, 6) is 0. The van der Waals surface area contributed by atoms with Crippen molar-refractivity contribution in [3.05, 3.63) is 115 Å². The van der Waals surface area contributed by atoms with Gasteiger partial charge in [-0.05, 0) is 34.6 Å². The number of aromatic amines is 1. The van der Waals surface area contributed by atoms with Gasteiger partial charge in [-0.3, -0.25) is 0 Å². The third-order valence-electron chi connectivity index (χ3n) is 4.83. The van der Waals surface area contributed by atoms with E-state index in [1.807, 2.05) is 6.21 Å². The second kappa shape index (κ2) is 7.60. The molecular formula is C24H22N2Si. The summed E-state index contributed by atoms with van der Waals surface area (Å²) in [4.78, 5) is 3.38. The lowest BCUT2D eigenvalue weighted by atomic mass is 10.3. The molecule has 0 amide bonds. The topological polar surface area (TPSA) is 28.1 Å². The van der Waals surface area contributed by atoms with Crippen molar-refractivity contribution in [1.29, 1.82) is 0 Å². The molecule has 3 aromatic carbocycles. The highest BCUT2D eigenvalue weighted by Crippen LogP contribution is 2.10. The molecule has 0 atom stereocenters. The fourth-order valence-electron chi connectivity index (χ4n) is 3.53. The maximum absolute atomic E-state index is 5.33. The van der Waals surface area contributed by atoms with Crippen LogP contribution in [-0.2, 0) is 0 Å². The van der Waals surface area contributed by atoms with Gasteiger partial charge in [0.05, 0.1) is 5.69 Å². The van der Waals surface area contributed by atoms with Crippen molar-refractivity contribution in [2.45, 2.75) is 6.92 Å². The number of hydrogen-bond acceptors (Lipinski definition) is 1. The molecule has 0 unspecified atom stereocenters. The Bertz CT molecular complexity index is 925. The normalized spacial score (nSPS) is 11.7. The molecule has 0 saturated carbocycles. The largest absolute Gasteiger partial charge is 0.358 e. The fraction of sp³-hybridized carbons (Fsp3) is 0.0417. The Morgan fingerprint density at radius 1 is 0.630 bits per heavy atom. The molecule has 0 bridgehead atoms. The molecule has 0 saturated heterocycles. The minimum atomic E-state index is -2.55. The van der Waals surface area contributed by atoms with Crippen molar-refractivity contribution >= 4 is 30.0 Å². The van der Waals surface area contributed by atoms with Crippen molar-refractivity contribution in [3.8, 4) is 0 Å². The van der Waals surface area contributed by atoms with Gasteiger partial charge in [0.15, 0.2) is 0 Å². The molecule has 0 fully saturated rings. The minimum Gasteiger partial charge on any atom is -0.358 e. The molecule has 1 N–H and O–H groups in total. The van der Waals surface area contributed by atoms with Gasteiger partial charge >= 0.3 is 0 Å². The van der Waals surface area contributed by atoms with E-state index in [0.717, 1.165) is 11.4 Å². The van der Waals surface area contributed by atoms with Gasteiger partial charge in [-0.1, -0.05) is 91.0 Å². The zero-order chi connectivity index (χ0) is 18.5. The first-order chi connectivity index (χ1) is 13.3. The van der Waals surface area contributed by atoms with Crippen LogP contribution in [0.3, 0.4) is 0 Å². The van der Waals surface area contributed by atoms with Gasteiger partial charge in [0.1, 0.15) is 0 Å². The Balaban J connectivity index is 1.98. The Labute approximate surface area is 161 Å². The predicted octanol–water partition coefficient (Wildman–Crippen LogP) is 3.41. The molecule has 0 aliphatic heterocycles. The smallest absolute Gasteiger partial charge is 0.273 e. The number of H-pyrrole nitrogens is 1. The molecular weight excluding hydrogens is 344 g/mol. The lowest BCUT2D eigenvalue weighted by Crippen LogP contribution is -2.66. The maximum Gasteiger partial charge on any atom is 0.273 e. The summed E-state index contributed by atoms with van der Waals surface area (Å²) < 4.78 is 5.33. The Kier molecular flexibility index (Phi) is 4.86. The van der Waals surface area contributed by atoms with Gasteiger partial charge in [0.25, 0.3) is 8.24 Å². The quantitative estimate of drug-likeness (QED) is 0.319. The van der Waals surface area contributed by atoms with E-state index >= 15 is 0 Å². The van der Waals surface area contributed by atoms with E-state index in [2.05, 4.69) is 115 Å². The highest BCUT2D eigenvalue weighted by molar-refractivity contribution is 7.10. The third-order valence-corrected chi connectivity index (χ3v) is 8.85. The van der Waals surface area contributed by atoms with E-state index in [4.69, 9.17) is 4.66 Å². The summed E-state index contributed by atoms with van der Waals surface area (Å²) >= 11 is 0. The molecule has 0 aliphatic carbocycles. The first-order valence-electron chi connectivity index (χ1n) is 9.16. The molecule has 0 spiro atoms. The molecule has 0 aliphatic rings. The van der Waals surface area contributed by atoms with Crippen LogP contribution in [0.15, 0.2) is 108 Å². The van der Waals surface area contributed by atoms with E-state index in [1.165, 1.54) is 15.6 Å². The summed E-state index contributed by atoms with van der Waals surface area (Å²) in [5.41, 5.74) is 2.18. The summed E-state index contributed by atoms with van der Waals surface area (Å²) in [6, 6.07) is 36.3. The van der Waals surface area contributed by atoms with E-state index in [1.54, 1.807) is 0 Å². The number of benzene rings is 3. The molecule has 1 aromatic heterocycles. The van der Waals surface area contributed by atoms with Gasteiger partial charge < -0.3 is 9.64 Å². The number of hydrogen-bond donors (Lipinski definition) is 1. The summed E-state index contributed by atoms with van der Waals surface area (Å²) in [6.07, 6.45) is 2.01. The maximum atomic E-state index is 5.33. The highest BCUT2D eigenvalue weighted by Gasteiger charge is 2.39. The molecule has 1 heterocycles. The van der Waals surface area contributed by atoms with Crippen molar-refractivity contribution in [1.82, 2.24) is 4.98 Å². The van der Waals surface area contributed by atoms with Gasteiger partial charge in [-0.25, -0.2) is 0 Å². The van der Waals surface area contributed by atoms with Crippen LogP contribution in [0.25, 0.3) is 0 Å². The zero-order valence-corrected chi connectivity index (χ0v) is 16.3. The van der Waals surface area contributed by atoms with Gasteiger partial charge in [0, 0.05) is 11.9 Å². The Hall–Kier alpha value is -3.17. The molecule has 0 radical (unpaired) electrons. The summed E-state index contributed by atoms with van der Waals surface area (Å²) in [5, 5.41) is 3.84. The van der Waals surface area contributed by atoms with Crippen LogP contribution in [0.4, 0.5) is 0 Å². The van der Waals surface area contributed by atoms with E-state index in [0.29, 0.717) is 0 Å². The van der Waals surface area contributed by atoms with Crippen molar-refractivity contribution < 1.29 is 0 Å². The molecule has 3 heteroatoms. The number of aromatic nitrogens is 1. The standard InChI is InChI=1S/C24H22N2Si/c1-20-17-18-21(26-20)19-25-27(22-11-5-2-6-12-22,23-13-7-3-8-14-23)24-15-9-4-10-16-24/h2-19,26H,1H3. The number of nitrogens with zero attached hydrogens (tertiary/aromatic N) is 1. The Morgan fingerprint density at radius 3 is 1.44 bits per heavy atom. The van der Waals surface area contributed by atoms with Crippen LogP contribution in [0.2, 0.25) is 0 Å². The zero-order valence-electron chi connectivity index (χ0n) is 15.3. The van der Waals surface area contributed by atoms with Crippen LogP contribution in [0.5, 0.6) is 0 Å². The molecule has 4 aromatic rings. The Morgan fingerprint density at radius 2 is 1.07 bits per heavy atom. The van der Waals surface area contributed by atoms with E-state index in [9.17, 15) is 0 Å². The second-order valence-electron chi connectivity index (χ2n) is 6.66. The van der Waals surface area contributed by atoms with Gasteiger partial charge in [0.2, 0.25) is 0 Å². The predicted molar refractivity (Wildman–Crippen MR) is 117 cm³/mol. The number of aryl methyl sites for hydroxylation is 1. The first kappa shape index (κ1) is 17.3. The third kappa shape index (κ3) is 3.42. The van der Waals surface area contributed by atoms with E-state index < -0.39 is 8.24 Å². The number of rotatable bonds is 5.